The van der Waals surface area contributed by atoms with E-state index < -0.39 is 5.82 Å². The van der Waals surface area contributed by atoms with Crippen molar-refractivity contribution < 1.29 is 42.6 Å². The van der Waals surface area contributed by atoms with Gasteiger partial charge in [-0.1, -0.05) is 30.7 Å². The van der Waals surface area contributed by atoms with E-state index in [1.807, 2.05) is 38.2 Å². The van der Waals surface area contributed by atoms with Gasteiger partial charge < -0.3 is 61.6 Å². The zero-order valence-corrected chi connectivity index (χ0v) is 42.0. The number of nitrogens with zero attached hydrogens (tertiary/aromatic N) is 3. The van der Waals surface area contributed by atoms with Crippen LogP contribution < -0.4 is 42.5 Å². The molecule has 2 aromatic carbocycles. The Hall–Kier alpha value is -6.22. The van der Waals surface area contributed by atoms with Crippen molar-refractivity contribution in [3.8, 4) is 0 Å². The van der Waals surface area contributed by atoms with Crippen LogP contribution in [0.2, 0.25) is 0 Å². The van der Waals surface area contributed by atoms with Crippen LogP contribution in [0.1, 0.15) is 89.0 Å². The summed E-state index contributed by atoms with van der Waals surface area (Å²) in [5, 5.41) is 23.6. The molecular formula is C52H76FN11O8. The fourth-order valence-corrected chi connectivity index (χ4v) is 8.39. The highest BCUT2D eigenvalue weighted by atomic mass is 19.1. The topological polar surface area (TPSA) is 238 Å². The number of likely N-dealkylation sites (N-methyl/N-ethyl adjacent to an activating group) is 1. The van der Waals surface area contributed by atoms with Crippen LogP contribution in [0, 0.1) is 18.7 Å². The number of urea groups is 1. The summed E-state index contributed by atoms with van der Waals surface area (Å²) in [7, 11) is 1.96. The summed E-state index contributed by atoms with van der Waals surface area (Å²) in [6, 6.07) is 15.0. The van der Waals surface area contributed by atoms with Gasteiger partial charge in [-0.2, -0.15) is 4.98 Å². The van der Waals surface area contributed by atoms with E-state index in [9.17, 15) is 28.4 Å². The number of fused-ring (bicyclic) bond motifs is 1. The van der Waals surface area contributed by atoms with Crippen molar-refractivity contribution >= 4 is 58.5 Å². The molecule has 3 atom stereocenters. The summed E-state index contributed by atoms with van der Waals surface area (Å²) < 4.78 is 31.1. The minimum absolute atomic E-state index is 0.0372. The van der Waals surface area contributed by atoms with Gasteiger partial charge in [-0.25, -0.2) is 14.2 Å². The zero-order valence-electron chi connectivity index (χ0n) is 42.0. The quantitative estimate of drug-likeness (QED) is 0.0247. The molecule has 1 saturated carbocycles. The molecule has 1 aliphatic heterocycles. The lowest BCUT2D eigenvalue weighted by Crippen LogP contribution is -2.33. The lowest BCUT2D eigenvalue weighted by Gasteiger charge is -2.17. The molecule has 0 unspecified atom stereocenters. The maximum absolute atomic E-state index is 14.5. The van der Waals surface area contributed by atoms with E-state index in [1.165, 1.54) is 6.08 Å². The van der Waals surface area contributed by atoms with Gasteiger partial charge in [-0.05, 0) is 120 Å². The van der Waals surface area contributed by atoms with Crippen molar-refractivity contribution in [2.45, 2.75) is 102 Å². The fraction of sp³-hybridized carbons (Fsp3) is 0.558. The van der Waals surface area contributed by atoms with Gasteiger partial charge in [0.25, 0.3) is 0 Å². The number of hydrogen-bond donors (Lipinski definition) is 8. The highest BCUT2D eigenvalue weighted by molar-refractivity contribution is 5.99. The number of unbranched alkanes of at least 4 members (excludes halogenated alkanes) is 2. The second-order valence-electron chi connectivity index (χ2n) is 18.2. The molecule has 6 amide bonds. The van der Waals surface area contributed by atoms with Gasteiger partial charge in [0, 0.05) is 81.8 Å². The second-order valence-corrected chi connectivity index (χ2v) is 18.2. The standard InChI is InChI=1S/C52H76FN11O8/c1-38-13-7-15-40(35-38)59-50-43(53)37-57-51(63-50)60-42-17-8-16-41(36-42)58-48(68)21-10-28-64(2)27-6-5-24-54-46(66)19-9-20-47(67)56-26-12-30-71-32-34-72-33-31-70-29-11-25-55-45(65)18-4-3-14-39-22-23-44-49(39)62-52(69)61-44/h7-8,10,13,15-17,21,35-37,39,44,49H,3-6,9,11-12,14,18-20,22-34H2,1-2H3,(H,54,66)(H,55,65)(H,56,67)(H,58,68)(H2,61,62,69)(H2,57,59,60,63)/b21-10+/t39-,44+,49-/m1/s1. The third-order valence-electron chi connectivity index (χ3n) is 12.1. The van der Waals surface area contributed by atoms with Crippen LogP contribution in [0.4, 0.5) is 38.0 Å². The third-order valence-corrected chi connectivity index (χ3v) is 12.1. The van der Waals surface area contributed by atoms with Crippen molar-refractivity contribution in [3.05, 3.63) is 78.3 Å². The number of anilines is 5. The number of rotatable bonds is 36. The van der Waals surface area contributed by atoms with E-state index in [-0.39, 0.29) is 66.4 Å². The average Bonchev–Trinajstić information content (AvgIpc) is 3.91. The largest absolute Gasteiger partial charge is 0.379 e. The molecule has 72 heavy (non-hydrogen) atoms. The Labute approximate surface area is 423 Å². The van der Waals surface area contributed by atoms with Gasteiger partial charge in [0.15, 0.2) is 11.6 Å². The normalized spacial score (nSPS) is 16.0. The summed E-state index contributed by atoms with van der Waals surface area (Å²) in [4.78, 5) is 71.1. The summed E-state index contributed by atoms with van der Waals surface area (Å²) >= 11 is 0. The van der Waals surface area contributed by atoms with Gasteiger partial charge >= 0.3 is 6.03 Å². The predicted molar refractivity (Wildman–Crippen MR) is 276 cm³/mol. The molecule has 0 bridgehead atoms. The number of aryl methyl sites for hydroxylation is 1. The van der Waals surface area contributed by atoms with E-state index in [1.54, 1.807) is 30.3 Å². The number of hydrogen-bond acceptors (Lipinski definition) is 13. The molecule has 5 rings (SSSR count). The van der Waals surface area contributed by atoms with Crippen LogP contribution in [-0.2, 0) is 33.4 Å². The molecule has 19 nitrogen and oxygen atoms in total. The number of carbonyl (C=O) groups is 5. The van der Waals surface area contributed by atoms with E-state index in [0.717, 1.165) is 69.7 Å². The van der Waals surface area contributed by atoms with E-state index >= 15 is 0 Å². The third kappa shape index (κ3) is 22.9. The number of carbonyl (C=O) groups excluding carboxylic acids is 5. The molecule has 1 aliphatic carbocycles. The summed E-state index contributed by atoms with van der Waals surface area (Å²) in [5.41, 5.74) is 2.91. The summed E-state index contributed by atoms with van der Waals surface area (Å²) in [5.74, 6) is -0.229. The Morgan fingerprint density at radius 3 is 2.06 bits per heavy atom. The second kappa shape index (κ2) is 32.7. The summed E-state index contributed by atoms with van der Waals surface area (Å²) in [6.07, 6.45) is 14.1. The van der Waals surface area contributed by atoms with Gasteiger partial charge in [0.05, 0.1) is 44.7 Å². The number of amides is 6. The minimum atomic E-state index is -0.587. The molecule has 1 aromatic heterocycles. The zero-order chi connectivity index (χ0) is 51.2. The molecule has 0 radical (unpaired) electrons. The molecule has 3 aromatic rings. The van der Waals surface area contributed by atoms with Crippen molar-refractivity contribution in [3.63, 3.8) is 0 Å². The number of halogens is 1. The van der Waals surface area contributed by atoms with E-state index in [2.05, 4.69) is 57.4 Å². The smallest absolute Gasteiger partial charge is 0.315 e. The van der Waals surface area contributed by atoms with Crippen LogP contribution in [0.5, 0.6) is 0 Å². The highest BCUT2D eigenvalue weighted by Gasteiger charge is 2.41. The van der Waals surface area contributed by atoms with Crippen LogP contribution in [-0.4, -0.2) is 136 Å². The van der Waals surface area contributed by atoms with Crippen molar-refractivity contribution in [2.75, 3.05) is 95.4 Å². The van der Waals surface area contributed by atoms with Crippen LogP contribution in [0.25, 0.3) is 0 Å². The molecule has 2 heterocycles. The Bertz CT molecular complexity index is 2180. The number of nitrogens with one attached hydrogen (secondary N) is 8. The number of aromatic nitrogens is 2. The molecule has 394 valence electrons. The molecule has 2 fully saturated rings. The van der Waals surface area contributed by atoms with Crippen LogP contribution >= 0.6 is 0 Å². The first-order valence-corrected chi connectivity index (χ1v) is 25.5. The minimum Gasteiger partial charge on any atom is -0.379 e. The highest BCUT2D eigenvalue weighted by Crippen LogP contribution is 2.32. The summed E-state index contributed by atoms with van der Waals surface area (Å²) in [6.45, 7) is 7.82. The van der Waals surface area contributed by atoms with E-state index in [0.29, 0.717) is 108 Å². The molecule has 20 heteroatoms. The Morgan fingerprint density at radius 2 is 1.36 bits per heavy atom. The first kappa shape index (κ1) is 56.7. The van der Waals surface area contributed by atoms with Crippen molar-refractivity contribution in [1.82, 2.24) is 41.5 Å². The fourth-order valence-electron chi connectivity index (χ4n) is 8.39. The maximum atomic E-state index is 14.5. The number of ether oxygens (including phenoxy) is 3. The maximum Gasteiger partial charge on any atom is 0.315 e. The first-order chi connectivity index (χ1) is 35.0. The molecule has 2 aliphatic rings. The molecule has 1 saturated heterocycles. The molecular weight excluding hydrogens is 926 g/mol. The van der Waals surface area contributed by atoms with Crippen molar-refractivity contribution in [2.24, 2.45) is 5.92 Å². The Kier molecular flexibility index (Phi) is 25.7. The number of benzene rings is 2. The van der Waals surface area contributed by atoms with Gasteiger partial charge in [0.1, 0.15) is 0 Å². The predicted octanol–water partition coefficient (Wildman–Crippen LogP) is 5.99. The SMILES string of the molecule is Cc1cccc(Nc2nc(Nc3cccc(NC(=O)/C=C/CN(C)CCCCNC(=O)CCCC(=O)NCCCOCCOCCOCCCNC(=O)CCCC[C@@H]4CC[C@@H]5NC(=O)N[C@H]45)c3)ncc2F)c1. The first-order valence-electron chi connectivity index (χ1n) is 25.5. The Balaban J connectivity index is 0.755. The van der Waals surface area contributed by atoms with Crippen LogP contribution in [0.3, 0.4) is 0 Å². The van der Waals surface area contributed by atoms with E-state index in [4.69, 9.17) is 14.2 Å². The lowest BCUT2D eigenvalue weighted by atomic mass is 9.96. The molecule has 0 spiro atoms. The Morgan fingerprint density at radius 1 is 0.736 bits per heavy atom. The van der Waals surface area contributed by atoms with Gasteiger partial charge in [0.2, 0.25) is 29.6 Å². The van der Waals surface area contributed by atoms with Crippen molar-refractivity contribution in [1.29, 1.82) is 0 Å². The molecule has 8 N–H and O–H groups in total. The average molecular weight is 1000 g/mol. The lowest BCUT2D eigenvalue weighted by molar-refractivity contribution is -0.123. The van der Waals surface area contributed by atoms with Gasteiger partial charge in [-0.15, -0.1) is 0 Å². The van der Waals surface area contributed by atoms with Gasteiger partial charge in [-0.3, -0.25) is 19.2 Å². The van der Waals surface area contributed by atoms with Crippen LogP contribution in [0.15, 0.2) is 66.9 Å². The monoisotopic (exact) mass is 1000 g/mol.